The third kappa shape index (κ3) is 5.33. The van der Waals surface area contributed by atoms with E-state index in [1.807, 2.05) is 78.9 Å². The molecule has 0 amide bonds. The molecule has 49 heavy (non-hydrogen) atoms. The van der Waals surface area contributed by atoms with Gasteiger partial charge >= 0.3 is 0 Å². The average molecular weight is 630 g/mol. The van der Waals surface area contributed by atoms with Gasteiger partial charge in [-0.1, -0.05) is 133 Å². The number of para-hydroxylation sites is 1. The maximum absolute atomic E-state index is 13.2. The predicted molar refractivity (Wildman–Crippen MR) is 198 cm³/mol. The normalized spacial score (nSPS) is 11.3. The molecule has 2 heterocycles. The minimum Gasteiger partial charge on any atom is -0.456 e. The molecule has 0 saturated carbocycles. The van der Waals surface area contributed by atoms with Crippen molar-refractivity contribution in [2.75, 3.05) is 0 Å². The summed E-state index contributed by atoms with van der Waals surface area (Å²) < 4.78 is 6.00. The minimum absolute atomic E-state index is 0.0196. The lowest BCUT2D eigenvalue weighted by atomic mass is 9.98. The van der Waals surface area contributed by atoms with Crippen LogP contribution in [0.15, 0.2) is 173 Å². The first kappa shape index (κ1) is 28.5. The summed E-state index contributed by atoms with van der Waals surface area (Å²) >= 11 is 0. The molecule has 0 aliphatic rings. The van der Waals surface area contributed by atoms with E-state index >= 15 is 0 Å². The van der Waals surface area contributed by atoms with Crippen LogP contribution in [0.2, 0.25) is 0 Å². The fourth-order valence-electron chi connectivity index (χ4n) is 6.33. The van der Waals surface area contributed by atoms with Crippen molar-refractivity contribution in [3.8, 4) is 56.4 Å². The molecule has 0 atom stereocenters. The van der Waals surface area contributed by atoms with Gasteiger partial charge in [-0.05, 0) is 63.4 Å². The molecule has 0 saturated heterocycles. The molecule has 0 spiro atoms. The largest absolute Gasteiger partial charge is 0.456 e. The Morgan fingerprint density at radius 3 is 1.55 bits per heavy atom. The topological polar surface area (TPSA) is 68.9 Å². The predicted octanol–water partition coefficient (Wildman–Crippen LogP) is 10.6. The summed E-state index contributed by atoms with van der Waals surface area (Å²) in [7, 11) is 0. The zero-order chi connectivity index (χ0) is 32.7. The van der Waals surface area contributed by atoms with E-state index in [4.69, 9.17) is 19.4 Å². The fraction of sp³-hybridized carbons (Fsp3) is 0. The van der Waals surface area contributed by atoms with Gasteiger partial charge in [0.05, 0.1) is 10.8 Å². The fourth-order valence-corrected chi connectivity index (χ4v) is 6.33. The van der Waals surface area contributed by atoms with Crippen molar-refractivity contribution in [3.63, 3.8) is 0 Å². The Hall–Kier alpha value is -6.72. The standard InChI is InChI=1S/C44H27N3O2/c48-41-37-12-6-7-13-39(37)49-40-25-24-35(27-38(40)41)31-16-14-29(15-17-31)30-18-21-33(22-19-30)43-45-42(32-9-2-1-3-10-32)46-44(47-43)36-23-20-28-8-4-5-11-34(28)26-36/h1-27H. The smallest absolute Gasteiger partial charge is 0.200 e. The Morgan fingerprint density at radius 1 is 0.347 bits per heavy atom. The van der Waals surface area contributed by atoms with Crippen LogP contribution >= 0.6 is 0 Å². The summed E-state index contributed by atoms with van der Waals surface area (Å²) in [6.07, 6.45) is 0. The lowest BCUT2D eigenvalue weighted by Gasteiger charge is -2.10. The molecule has 0 bridgehead atoms. The molecule has 0 radical (unpaired) electrons. The van der Waals surface area contributed by atoms with Gasteiger partial charge in [-0.2, -0.15) is 0 Å². The quantitative estimate of drug-likeness (QED) is 0.177. The van der Waals surface area contributed by atoms with Crippen LogP contribution in [-0.2, 0) is 0 Å². The zero-order valence-corrected chi connectivity index (χ0v) is 26.2. The Balaban J connectivity index is 1.04. The van der Waals surface area contributed by atoms with Gasteiger partial charge in [0.2, 0.25) is 5.43 Å². The van der Waals surface area contributed by atoms with E-state index in [1.54, 1.807) is 6.07 Å². The molecule has 5 nitrogen and oxygen atoms in total. The van der Waals surface area contributed by atoms with Crippen LogP contribution in [0.5, 0.6) is 0 Å². The van der Waals surface area contributed by atoms with Crippen molar-refractivity contribution >= 4 is 32.7 Å². The van der Waals surface area contributed by atoms with Gasteiger partial charge in [0.15, 0.2) is 17.5 Å². The maximum atomic E-state index is 13.2. The minimum atomic E-state index is -0.0196. The second-order valence-electron chi connectivity index (χ2n) is 12.0. The van der Waals surface area contributed by atoms with E-state index in [1.165, 1.54) is 5.39 Å². The van der Waals surface area contributed by atoms with E-state index in [-0.39, 0.29) is 5.43 Å². The zero-order valence-electron chi connectivity index (χ0n) is 26.2. The Morgan fingerprint density at radius 2 is 0.837 bits per heavy atom. The van der Waals surface area contributed by atoms with Crippen LogP contribution in [0.1, 0.15) is 0 Å². The van der Waals surface area contributed by atoms with Crippen molar-refractivity contribution in [2.45, 2.75) is 0 Å². The molecule has 5 heteroatoms. The lowest BCUT2D eigenvalue weighted by Crippen LogP contribution is -2.01. The SMILES string of the molecule is O=c1c2ccccc2oc2ccc(-c3ccc(-c4ccc(-c5nc(-c6ccccc6)nc(-c6ccc7ccccc7c6)n5)cc4)cc3)cc12. The van der Waals surface area contributed by atoms with Crippen LogP contribution in [-0.4, -0.2) is 15.0 Å². The van der Waals surface area contributed by atoms with Gasteiger partial charge in [0.25, 0.3) is 0 Å². The monoisotopic (exact) mass is 629 g/mol. The Labute approximate surface area is 281 Å². The summed E-state index contributed by atoms with van der Waals surface area (Å²) in [6.45, 7) is 0. The lowest BCUT2D eigenvalue weighted by molar-refractivity contribution is 0.660. The molecule has 0 fully saturated rings. The summed E-state index contributed by atoms with van der Waals surface area (Å²) in [5, 5.41) is 3.47. The van der Waals surface area contributed by atoms with E-state index in [0.717, 1.165) is 44.3 Å². The van der Waals surface area contributed by atoms with Crippen LogP contribution in [0, 0.1) is 0 Å². The molecule has 0 aliphatic carbocycles. The van der Waals surface area contributed by atoms with Gasteiger partial charge in [-0.15, -0.1) is 0 Å². The average Bonchev–Trinajstić information content (AvgIpc) is 3.18. The number of aromatic nitrogens is 3. The van der Waals surface area contributed by atoms with Crippen molar-refractivity contribution < 1.29 is 4.42 Å². The Kier molecular flexibility index (Phi) is 6.87. The van der Waals surface area contributed by atoms with Crippen molar-refractivity contribution in [1.29, 1.82) is 0 Å². The van der Waals surface area contributed by atoms with Crippen molar-refractivity contribution in [3.05, 3.63) is 174 Å². The van der Waals surface area contributed by atoms with Gasteiger partial charge in [0.1, 0.15) is 11.2 Å². The second kappa shape index (κ2) is 11.8. The van der Waals surface area contributed by atoms with Gasteiger partial charge < -0.3 is 4.42 Å². The molecule has 9 aromatic rings. The van der Waals surface area contributed by atoms with Gasteiger partial charge in [-0.25, -0.2) is 15.0 Å². The molecular formula is C44H27N3O2. The highest BCUT2D eigenvalue weighted by atomic mass is 16.3. The van der Waals surface area contributed by atoms with E-state index < -0.39 is 0 Å². The molecule has 7 aromatic carbocycles. The summed E-state index contributed by atoms with van der Waals surface area (Å²) in [4.78, 5) is 27.9. The molecule has 2 aromatic heterocycles. The first-order valence-corrected chi connectivity index (χ1v) is 16.1. The summed E-state index contributed by atoms with van der Waals surface area (Å²) in [5.74, 6) is 1.88. The third-order valence-electron chi connectivity index (χ3n) is 8.95. The van der Waals surface area contributed by atoms with Crippen molar-refractivity contribution in [2.24, 2.45) is 0 Å². The van der Waals surface area contributed by atoms with Crippen molar-refractivity contribution in [1.82, 2.24) is 15.0 Å². The second-order valence-corrected chi connectivity index (χ2v) is 12.0. The molecular weight excluding hydrogens is 603 g/mol. The first-order chi connectivity index (χ1) is 24.2. The van der Waals surface area contributed by atoms with Crippen LogP contribution in [0.4, 0.5) is 0 Å². The number of benzene rings is 7. The third-order valence-corrected chi connectivity index (χ3v) is 8.95. The summed E-state index contributed by atoms with van der Waals surface area (Å²) in [6, 6.07) is 54.4. The molecule has 9 rings (SSSR count). The number of nitrogens with zero attached hydrogens (tertiary/aromatic N) is 3. The summed E-state index contributed by atoms with van der Waals surface area (Å²) in [5.41, 5.74) is 8.09. The van der Waals surface area contributed by atoms with E-state index in [9.17, 15) is 4.79 Å². The van der Waals surface area contributed by atoms with Crippen LogP contribution < -0.4 is 5.43 Å². The molecule has 230 valence electrons. The highest BCUT2D eigenvalue weighted by Gasteiger charge is 2.14. The van der Waals surface area contributed by atoms with E-state index in [2.05, 4.69) is 78.9 Å². The molecule has 0 unspecified atom stereocenters. The maximum Gasteiger partial charge on any atom is 0.200 e. The number of rotatable bonds is 5. The highest BCUT2D eigenvalue weighted by Crippen LogP contribution is 2.31. The number of hydrogen-bond donors (Lipinski definition) is 0. The number of hydrogen-bond acceptors (Lipinski definition) is 5. The van der Waals surface area contributed by atoms with Gasteiger partial charge in [0, 0.05) is 16.7 Å². The van der Waals surface area contributed by atoms with Crippen LogP contribution in [0.25, 0.3) is 89.1 Å². The highest BCUT2D eigenvalue weighted by molar-refractivity contribution is 5.92. The first-order valence-electron chi connectivity index (χ1n) is 16.1. The molecule has 0 aliphatic heterocycles. The van der Waals surface area contributed by atoms with E-state index in [0.29, 0.717) is 39.4 Å². The van der Waals surface area contributed by atoms with Crippen LogP contribution in [0.3, 0.4) is 0 Å². The van der Waals surface area contributed by atoms with Gasteiger partial charge in [-0.3, -0.25) is 4.79 Å². The number of fused-ring (bicyclic) bond motifs is 3. The Bertz CT molecular complexity index is 2720. The molecule has 0 N–H and O–H groups in total.